The number of hydrogen-bond acceptors (Lipinski definition) is 7. The summed E-state index contributed by atoms with van der Waals surface area (Å²) in [5.74, 6) is -0.280. The van der Waals surface area contributed by atoms with Crippen molar-refractivity contribution in [2.45, 2.75) is 38.0 Å². The smallest absolute Gasteiger partial charge is 0.250 e. The van der Waals surface area contributed by atoms with Gasteiger partial charge in [-0.15, -0.1) is 5.10 Å². The van der Waals surface area contributed by atoms with Crippen molar-refractivity contribution in [2.75, 3.05) is 0 Å². The molecule has 2 aliphatic rings. The average Bonchev–Trinajstić information content (AvgIpc) is 3.47. The standard InChI is InChI=1S/C25H20F2N6O/c1-4-19-30-23(33-34-19)22-28-11-9-18(29-22)25-10-8-14(24(25,2)3)13-12-17(31-32-21(13)25)20-15(26)6-5-7-16(20)27/h4-7,9,11-12,14H,1,8,10H2,2-3H3/t14-,25+/m0/s1. The number of rotatable bonds is 4. The Morgan fingerprint density at radius 3 is 2.62 bits per heavy atom. The van der Waals surface area contributed by atoms with Crippen LogP contribution in [0.15, 0.2) is 47.6 Å². The zero-order chi connectivity index (χ0) is 23.7. The highest BCUT2D eigenvalue weighted by Gasteiger charge is 2.65. The van der Waals surface area contributed by atoms with E-state index in [0.717, 1.165) is 29.8 Å². The molecule has 0 saturated heterocycles. The minimum Gasteiger partial charge on any atom is -0.334 e. The Balaban J connectivity index is 1.51. The van der Waals surface area contributed by atoms with Gasteiger partial charge in [0.25, 0.3) is 0 Å². The number of hydrogen-bond donors (Lipinski definition) is 0. The van der Waals surface area contributed by atoms with E-state index in [-0.39, 0.29) is 34.3 Å². The first-order valence-corrected chi connectivity index (χ1v) is 11.0. The van der Waals surface area contributed by atoms with Gasteiger partial charge in [-0.1, -0.05) is 31.6 Å². The van der Waals surface area contributed by atoms with Gasteiger partial charge in [0.15, 0.2) is 0 Å². The molecular weight excluding hydrogens is 438 g/mol. The third-order valence-corrected chi connectivity index (χ3v) is 7.51. The fourth-order valence-electron chi connectivity index (χ4n) is 5.87. The molecule has 9 heteroatoms. The van der Waals surface area contributed by atoms with E-state index in [2.05, 4.69) is 45.7 Å². The molecule has 0 amide bonds. The van der Waals surface area contributed by atoms with Gasteiger partial charge in [-0.3, -0.25) is 0 Å². The highest BCUT2D eigenvalue weighted by molar-refractivity contribution is 5.64. The van der Waals surface area contributed by atoms with Gasteiger partial charge in [-0.2, -0.15) is 10.1 Å². The number of halogens is 2. The van der Waals surface area contributed by atoms with Crippen molar-refractivity contribution in [3.63, 3.8) is 0 Å². The molecule has 0 radical (unpaired) electrons. The maximum atomic E-state index is 14.5. The van der Waals surface area contributed by atoms with Crippen LogP contribution in [-0.4, -0.2) is 30.3 Å². The van der Waals surface area contributed by atoms with Crippen LogP contribution >= 0.6 is 0 Å². The van der Waals surface area contributed by atoms with E-state index < -0.39 is 17.0 Å². The highest BCUT2D eigenvalue weighted by Crippen LogP contribution is 2.69. The lowest BCUT2D eigenvalue weighted by Gasteiger charge is -2.37. The predicted octanol–water partition coefficient (Wildman–Crippen LogP) is 5.11. The Morgan fingerprint density at radius 2 is 1.88 bits per heavy atom. The molecule has 2 bridgehead atoms. The average molecular weight is 458 g/mol. The molecule has 170 valence electrons. The lowest BCUT2D eigenvalue weighted by Crippen LogP contribution is -2.38. The molecule has 1 fully saturated rings. The second kappa shape index (κ2) is 7.06. The summed E-state index contributed by atoms with van der Waals surface area (Å²) in [6, 6.07) is 7.45. The van der Waals surface area contributed by atoms with Crippen LogP contribution in [-0.2, 0) is 5.41 Å². The molecule has 7 nitrogen and oxygen atoms in total. The van der Waals surface area contributed by atoms with E-state index in [0.29, 0.717) is 5.82 Å². The van der Waals surface area contributed by atoms with Gasteiger partial charge in [-0.05, 0) is 60.1 Å². The summed E-state index contributed by atoms with van der Waals surface area (Å²) < 4.78 is 34.0. The van der Waals surface area contributed by atoms with Crippen LogP contribution in [0.25, 0.3) is 29.0 Å². The number of nitrogens with zero attached hydrogens (tertiary/aromatic N) is 6. The van der Waals surface area contributed by atoms with Crippen molar-refractivity contribution in [3.05, 3.63) is 77.6 Å². The van der Waals surface area contributed by atoms with E-state index in [4.69, 9.17) is 9.51 Å². The van der Waals surface area contributed by atoms with Gasteiger partial charge in [0.2, 0.25) is 17.5 Å². The summed E-state index contributed by atoms with van der Waals surface area (Å²) in [7, 11) is 0. The van der Waals surface area contributed by atoms with Crippen LogP contribution < -0.4 is 0 Å². The minimum atomic E-state index is -0.661. The molecular formula is C25H20F2N6O. The maximum Gasteiger partial charge on any atom is 0.250 e. The van der Waals surface area contributed by atoms with E-state index in [1.165, 1.54) is 24.3 Å². The van der Waals surface area contributed by atoms with Crippen molar-refractivity contribution in [1.82, 2.24) is 30.3 Å². The van der Waals surface area contributed by atoms with Gasteiger partial charge >= 0.3 is 0 Å². The molecule has 0 aliphatic heterocycles. The Morgan fingerprint density at radius 1 is 1.09 bits per heavy atom. The molecule has 4 aromatic rings. The molecule has 1 saturated carbocycles. The maximum absolute atomic E-state index is 14.5. The van der Waals surface area contributed by atoms with Crippen LogP contribution in [0.4, 0.5) is 8.78 Å². The number of benzene rings is 1. The highest BCUT2D eigenvalue weighted by atomic mass is 19.1. The van der Waals surface area contributed by atoms with Crippen LogP contribution in [0, 0.1) is 17.0 Å². The second-order valence-corrected chi connectivity index (χ2v) is 9.27. The fourth-order valence-corrected chi connectivity index (χ4v) is 5.87. The molecule has 2 aliphatic carbocycles. The molecule has 2 atom stereocenters. The van der Waals surface area contributed by atoms with Gasteiger partial charge < -0.3 is 4.52 Å². The number of aromatic nitrogens is 6. The van der Waals surface area contributed by atoms with Crippen molar-refractivity contribution in [2.24, 2.45) is 5.41 Å². The van der Waals surface area contributed by atoms with Crippen molar-refractivity contribution >= 4 is 6.08 Å². The zero-order valence-electron chi connectivity index (χ0n) is 18.6. The fraction of sp³-hybridized carbons (Fsp3) is 0.280. The van der Waals surface area contributed by atoms with E-state index in [9.17, 15) is 8.78 Å². The summed E-state index contributed by atoms with van der Waals surface area (Å²) in [5, 5.41) is 12.8. The Labute approximate surface area is 194 Å². The summed E-state index contributed by atoms with van der Waals surface area (Å²) in [5.41, 5.74) is 1.77. The molecule has 0 N–H and O–H groups in total. The Bertz CT molecular complexity index is 1450. The molecule has 0 unspecified atom stereocenters. The third-order valence-electron chi connectivity index (χ3n) is 7.51. The summed E-state index contributed by atoms with van der Waals surface area (Å²) in [4.78, 5) is 13.4. The van der Waals surface area contributed by atoms with Crippen LogP contribution in [0.1, 0.15) is 55.4 Å². The van der Waals surface area contributed by atoms with E-state index in [1.54, 1.807) is 12.3 Å². The van der Waals surface area contributed by atoms with Crippen LogP contribution in [0.5, 0.6) is 0 Å². The first-order chi connectivity index (χ1) is 16.4. The van der Waals surface area contributed by atoms with E-state index in [1.807, 2.05) is 6.07 Å². The van der Waals surface area contributed by atoms with Gasteiger partial charge in [0.1, 0.15) is 11.6 Å². The molecule has 34 heavy (non-hydrogen) atoms. The normalized spacial score (nSPS) is 22.1. The second-order valence-electron chi connectivity index (χ2n) is 9.27. The summed E-state index contributed by atoms with van der Waals surface area (Å²) in [6.45, 7) is 8.00. The van der Waals surface area contributed by atoms with Gasteiger partial charge in [-0.25, -0.2) is 18.7 Å². The molecule has 6 rings (SSSR count). The quantitative estimate of drug-likeness (QED) is 0.420. The van der Waals surface area contributed by atoms with Crippen LogP contribution in [0.3, 0.4) is 0 Å². The monoisotopic (exact) mass is 458 g/mol. The first kappa shape index (κ1) is 20.7. The Hall–Kier alpha value is -3.88. The largest absolute Gasteiger partial charge is 0.334 e. The summed E-state index contributed by atoms with van der Waals surface area (Å²) >= 11 is 0. The first-order valence-electron chi connectivity index (χ1n) is 11.0. The number of fused-ring (bicyclic) bond motifs is 5. The molecule has 0 spiro atoms. The molecule has 3 heterocycles. The third kappa shape index (κ3) is 2.60. The van der Waals surface area contributed by atoms with Crippen LogP contribution in [0.2, 0.25) is 0 Å². The Kier molecular flexibility index (Phi) is 4.30. The van der Waals surface area contributed by atoms with Gasteiger partial charge in [0, 0.05) is 6.20 Å². The van der Waals surface area contributed by atoms with Crippen molar-refractivity contribution in [3.8, 4) is 22.9 Å². The SMILES string of the molecule is C=Cc1nc(-c2nccc([C@]34CC[C@@H](c5cc(-c6c(F)cccc6F)nnc53)C4(C)C)n2)no1. The van der Waals surface area contributed by atoms with E-state index >= 15 is 0 Å². The molecule has 1 aromatic carbocycles. The molecule has 3 aromatic heterocycles. The predicted molar refractivity (Wildman–Crippen MR) is 119 cm³/mol. The topological polar surface area (TPSA) is 90.5 Å². The lowest BCUT2D eigenvalue weighted by atomic mass is 9.66. The van der Waals surface area contributed by atoms with Crippen molar-refractivity contribution < 1.29 is 13.3 Å². The summed E-state index contributed by atoms with van der Waals surface area (Å²) in [6.07, 6.45) is 4.85. The van der Waals surface area contributed by atoms with Crippen molar-refractivity contribution in [1.29, 1.82) is 0 Å². The minimum absolute atomic E-state index is 0.141. The van der Waals surface area contributed by atoms with Gasteiger partial charge in [0.05, 0.1) is 28.1 Å². The lowest BCUT2D eigenvalue weighted by molar-refractivity contribution is 0.242. The zero-order valence-corrected chi connectivity index (χ0v) is 18.6.